The van der Waals surface area contributed by atoms with Crippen LogP contribution in [0.25, 0.3) is 0 Å². The van der Waals surface area contributed by atoms with Crippen molar-refractivity contribution in [3.63, 3.8) is 0 Å². The van der Waals surface area contributed by atoms with Crippen molar-refractivity contribution < 1.29 is 5.73 Å². The summed E-state index contributed by atoms with van der Waals surface area (Å²) in [6.07, 6.45) is 8.61. The van der Waals surface area contributed by atoms with E-state index >= 15 is 0 Å². The maximum atomic E-state index is 3.81. The van der Waals surface area contributed by atoms with E-state index in [0.29, 0.717) is 0 Å². The van der Waals surface area contributed by atoms with Gasteiger partial charge in [0.15, 0.2) is 0 Å². The number of hydrogen-bond donors (Lipinski definition) is 1. The summed E-state index contributed by atoms with van der Waals surface area (Å²) < 4.78 is 0. The summed E-state index contributed by atoms with van der Waals surface area (Å²) in [6, 6.07) is 0. The van der Waals surface area contributed by atoms with Gasteiger partial charge in [-0.3, -0.25) is 0 Å². The average molecular weight is 96.2 g/mol. The third-order valence-electron chi connectivity index (χ3n) is 1.10. The first kappa shape index (κ1) is 4.60. The van der Waals surface area contributed by atoms with E-state index in [0.717, 1.165) is 6.42 Å². The second-order valence-corrected chi connectivity index (χ2v) is 1.79. The smallest absolute Gasteiger partial charge is 0.104 e. The zero-order valence-electron chi connectivity index (χ0n) is 4.35. The molecule has 0 saturated carbocycles. The summed E-state index contributed by atoms with van der Waals surface area (Å²) in [4.78, 5) is 0. The molecule has 0 heterocycles. The first-order valence-electron chi connectivity index (χ1n) is 2.57. The van der Waals surface area contributed by atoms with Crippen LogP contribution in [0.5, 0.6) is 0 Å². The second kappa shape index (κ2) is 1.94. The van der Waals surface area contributed by atoms with Gasteiger partial charge >= 0.3 is 0 Å². The lowest BCUT2D eigenvalue weighted by Gasteiger charge is -1.94. The van der Waals surface area contributed by atoms with E-state index in [-0.39, 0.29) is 0 Å². The van der Waals surface area contributed by atoms with Gasteiger partial charge in [-0.25, -0.2) is 0 Å². The Morgan fingerprint density at radius 3 is 2.71 bits per heavy atom. The number of allylic oxidation sites excluding steroid dienone is 4. The minimum absolute atomic E-state index is 1.15. The van der Waals surface area contributed by atoms with Gasteiger partial charge in [-0.1, -0.05) is 12.2 Å². The molecule has 1 aliphatic carbocycles. The van der Waals surface area contributed by atoms with E-state index in [1.54, 1.807) is 0 Å². The first-order chi connectivity index (χ1) is 3.39. The highest BCUT2D eigenvalue weighted by Gasteiger charge is 1.93. The summed E-state index contributed by atoms with van der Waals surface area (Å²) in [5.41, 5.74) is 5.06. The topological polar surface area (TPSA) is 27.6 Å². The maximum absolute atomic E-state index is 3.81. The number of quaternary nitrogens is 1. The highest BCUT2D eigenvalue weighted by Crippen LogP contribution is 2.02. The van der Waals surface area contributed by atoms with Crippen molar-refractivity contribution in [2.45, 2.75) is 12.8 Å². The fraction of sp³-hybridized carbons (Fsp3) is 0.333. The van der Waals surface area contributed by atoms with Crippen LogP contribution >= 0.6 is 0 Å². The molecule has 1 heteroatoms. The van der Waals surface area contributed by atoms with E-state index in [1.807, 2.05) is 0 Å². The Morgan fingerprint density at radius 2 is 2.43 bits per heavy atom. The number of rotatable bonds is 0. The summed E-state index contributed by atoms with van der Waals surface area (Å²) in [6.45, 7) is 0. The Labute approximate surface area is 43.5 Å². The van der Waals surface area contributed by atoms with Crippen LogP contribution in [0.15, 0.2) is 23.9 Å². The van der Waals surface area contributed by atoms with Gasteiger partial charge in [0, 0.05) is 6.42 Å². The van der Waals surface area contributed by atoms with Crippen LogP contribution in [-0.2, 0) is 0 Å². The average Bonchev–Trinajstić information content (AvgIpc) is 1.69. The molecule has 0 radical (unpaired) electrons. The summed E-state index contributed by atoms with van der Waals surface area (Å²) >= 11 is 0. The van der Waals surface area contributed by atoms with Crippen LogP contribution < -0.4 is 5.73 Å². The molecular weight excluding hydrogens is 86.1 g/mol. The molecule has 0 aromatic rings. The molecule has 0 amide bonds. The lowest BCUT2D eigenvalue weighted by Crippen LogP contribution is -2.47. The van der Waals surface area contributed by atoms with Gasteiger partial charge < -0.3 is 5.73 Å². The third-order valence-corrected chi connectivity index (χ3v) is 1.10. The van der Waals surface area contributed by atoms with Crippen LogP contribution in [0.4, 0.5) is 0 Å². The summed E-state index contributed by atoms with van der Waals surface area (Å²) in [5.74, 6) is 0. The van der Waals surface area contributed by atoms with Gasteiger partial charge in [0.05, 0.1) is 0 Å². The number of hydrogen-bond acceptors (Lipinski definition) is 0. The molecule has 1 rings (SSSR count). The summed E-state index contributed by atoms with van der Waals surface area (Å²) in [5, 5.41) is 0. The summed E-state index contributed by atoms with van der Waals surface area (Å²) in [7, 11) is 0. The van der Waals surface area contributed by atoms with E-state index in [4.69, 9.17) is 0 Å². The van der Waals surface area contributed by atoms with Crippen molar-refractivity contribution in [1.82, 2.24) is 0 Å². The fourth-order valence-electron chi connectivity index (χ4n) is 0.652. The monoisotopic (exact) mass is 96.1 g/mol. The molecule has 0 fully saturated rings. The standard InChI is InChI=1S/C6H9N/c7-6-4-2-1-3-5-6/h1-2,4H,3,5,7H2/p+1. The fourth-order valence-corrected chi connectivity index (χ4v) is 0.652. The highest BCUT2D eigenvalue weighted by molar-refractivity contribution is 5.10. The van der Waals surface area contributed by atoms with E-state index in [9.17, 15) is 0 Å². The van der Waals surface area contributed by atoms with E-state index in [1.165, 1.54) is 12.1 Å². The van der Waals surface area contributed by atoms with Gasteiger partial charge in [-0.15, -0.1) is 0 Å². The largest absolute Gasteiger partial charge is 0.329 e. The molecular formula is C6H10N+. The molecule has 7 heavy (non-hydrogen) atoms. The molecule has 0 atom stereocenters. The highest BCUT2D eigenvalue weighted by atomic mass is 14.6. The lowest BCUT2D eigenvalue weighted by atomic mass is 10.1. The van der Waals surface area contributed by atoms with Crippen molar-refractivity contribution in [3.8, 4) is 0 Å². The Hall–Kier alpha value is -0.560. The molecule has 0 saturated heterocycles. The van der Waals surface area contributed by atoms with Crippen molar-refractivity contribution in [2.24, 2.45) is 0 Å². The minimum Gasteiger partial charge on any atom is -0.329 e. The van der Waals surface area contributed by atoms with Crippen LogP contribution in [0.2, 0.25) is 0 Å². The van der Waals surface area contributed by atoms with Gasteiger partial charge in [-0.05, 0) is 12.5 Å². The Balaban J connectivity index is 2.57. The second-order valence-electron chi connectivity index (χ2n) is 1.79. The lowest BCUT2D eigenvalue weighted by molar-refractivity contribution is -0.306. The molecule has 3 N–H and O–H groups in total. The third kappa shape index (κ3) is 1.16. The quantitative estimate of drug-likeness (QED) is 0.454. The van der Waals surface area contributed by atoms with Crippen molar-refractivity contribution in [3.05, 3.63) is 23.9 Å². The Bertz CT molecular complexity index is 111. The molecule has 0 spiro atoms. The zero-order valence-corrected chi connectivity index (χ0v) is 4.35. The van der Waals surface area contributed by atoms with Crippen LogP contribution in [0.3, 0.4) is 0 Å². The molecule has 1 nitrogen and oxygen atoms in total. The molecule has 1 aliphatic rings. The molecule has 0 unspecified atom stereocenters. The predicted octanol–water partition coefficient (Wildman–Crippen LogP) is 0.462. The normalized spacial score (nSPS) is 19.3. The molecule has 38 valence electrons. The van der Waals surface area contributed by atoms with Gasteiger partial charge in [-0.2, -0.15) is 0 Å². The zero-order chi connectivity index (χ0) is 5.11. The van der Waals surface area contributed by atoms with Crippen molar-refractivity contribution in [2.75, 3.05) is 0 Å². The minimum atomic E-state index is 1.15. The van der Waals surface area contributed by atoms with Crippen molar-refractivity contribution >= 4 is 0 Å². The maximum Gasteiger partial charge on any atom is 0.104 e. The van der Waals surface area contributed by atoms with Crippen LogP contribution in [-0.4, -0.2) is 0 Å². The van der Waals surface area contributed by atoms with E-state index < -0.39 is 0 Å². The molecule has 0 aromatic carbocycles. The van der Waals surface area contributed by atoms with Gasteiger partial charge in [0.25, 0.3) is 0 Å². The van der Waals surface area contributed by atoms with E-state index in [2.05, 4.69) is 24.0 Å². The molecule has 0 bridgehead atoms. The van der Waals surface area contributed by atoms with Crippen molar-refractivity contribution in [1.29, 1.82) is 0 Å². The van der Waals surface area contributed by atoms with Gasteiger partial charge in [0.1, 0.15) is 5.70 Å². The Kier molecular flexibility index (Phi) is 1.27. The van der Waals surface area contributed by atoms with Gasteiger partial charge in [0.2, 0.25) is 0 Å². The predicted molar refractivity (Wildman–Crippen MR) is 29.3 cm³/mol. The first-order valence-corrected chi connectivity index (χ1v) is 2.57. The van der Waals surface area contributed by atoms with Crippen LogP contribution in [0, 0.1) is 0 Å². The Morgan fingerprint density at radius 1 is 1.57 bits per heavy atom. The molecule has 0 aromatic heterocycles. The SMILES string of the molecule is [NH3+]C1=CC=CCC1. The van der Waals surface area contributed by atoms with Crippen LogP contribution in [0.1, 0.15) is 12.8 Å². The molecule has 0 aliphatic heterocycles.